The van der Waals surface area contributed by atoms with E-state index in [1.54, 1.807) is 0 Å². The van der Waals surface area contributed by atoms with Gasteiger partial charge in [-0.25, -0.2) is 9.97 Å². The summed E-state index contributed by atoms with van der Waals surface area (Å²) in [6.45, 7) is 6.47. The molecule has 2 aliphatic rings. The molecule has 0 unspecified atom stereocenters. The van der Waals surface area contributed by atoms with Crippen LogP contribution in [0.4, 0.5) is 0 Å². The highest BCUT2D eigenvalue weighted by Crippen LogP contribution is 2.31. The number of imidazole rings is 2. The molecule has 0 radical (unpaired) electrons. The highest BCUT2D eigenvalue weighted by molar-refractivity contribution is 5.41. The fourth-order valence-electron chi connectivity index (χ4n) is 4.66. The fraction of sp³-hybridized carbons (Fsp3) is 0.545. The van der Waals surface area contributed by atoms with Gasteiger partial charge in [0.25, 0.3) is 0 Å². The molecular formula is C22H29N5. The summed E-state index contributed by atoms with van der Waals surface area (Å²) in [5.41, 5.74) is 3.47. The number of pyridine rings is 1. The minimum absolute atomic E-state index is 0.549. The molecule has 1 saturated heterocycles. The molecule has 0 N–H and O–H groups in total. The normalized spacial score (nSPS) is 21.6. The third-order valence-electron chi connectivity index (χ3n) is 6.33. The van der Waals surface area contributed by atoms with Crippen molar-refractivity contribution >= 4 is 5.65 Å². The zero-order chi connectivity index (χ0) is 18.2. The van der Waals surface area contributed by atoms with Gasteiger partial charge in [0.1, 0.15) is 11.5 Å². The van der Waals surface area contributed by atoms with E-state index in [2.05, 4.69) is 51.5 Å². The monoisotopic (exact) mass is 363 g/mol. The van der Waals surface area contributed by atoms with Crippen LogP contribution in [0.3, 0.4) is 0 Å². The second-order valence-corrected chi connectivity index (χ2v) is 8.51. The minimum Gasteiger partial charge on any atom is -0.334 e. The molecule has 1 aliphatic heterocycles. The van der Waals surface area contributed by atoms with Crippen molar-refractivity contribution in [2.75, 3.05) is 13.1 Å². The van der Waals surface area contributed by atoms with Crippen LogP contribution < -0.4 is 0 Å². The van der Waals surface area contributed by atoms with Crippen LogP contribution in [0.15, 0.2) is 36.9 Å². The number of hydrogen-bond donors (Lipinski definition) is 0. The average molecular weight is 364 g/mol. The number of piperidine rings is 1. The lowest BCUT2D eigenvalue weighted by atomic mass is 9.85. The van der Waals surface area contributed by atoms with E-state index in [1.165, 1.54) is 49.2 Å². The van der Waals surface area contributed by atoms with Gasteiger partial charge in [-0.05, 0) is 56.7 Å². The van der Waals surface area contributed by atoms with Crippen molar-refractivity contribution in [3.8, 4) is 0 Å². The Balaban J connectivity index is 1.28. The lowest BCUT2D eigenvalue weighted by Crippen LogP contribution is -2.35. The molecule has 1 atom stereocenters. The van der Waals surface area contributed by atoms with Crippen LogP contribution >= 0.6 is 0 Å². The molecule has 0 bridgehead atoms. The predicted molar refractivity (Wildman–Crippen MR) is 107 cm³/mol. The first-order valence-electron chi connectivity index (χ1n) is 10.4. The van der Waals surface area contributed by atoms with Crippen LogP contribution in [0.5, 0.6) is 0 Å². The van der Waals surface area contributed by atoms with Crippen molar-refractivity contribution in [2.24, 2.45) is 5.92 Å². The molecule has 5 nitrogen and oxygen atoms in total. The largest absolute Gasteiger partial charge is 0.334 e. The molecule has 5 rings (SSSR count). The minimum atomic E-state index is 0.549. The molecule has 4 heterocycles. The molecule has 0 aromatic carbocycles. The summed E-state index contributed by atoms with van der Waals surface area (Å²) < 4.78 is 4.59. The molecule has 0 amide bonds. The Bertz CT molecular complexity index is 920. The van der Waals surface area contributed by atoms with Crippen LogP contribution in [0.25, 0.3) is 5.65 Å². The van der Waals surface area contributed by atoms with Crippen molar-refractivity contribution in [1.29, 1.82) is 0 Å². The summed E-state index contributed by atoms with van der Waals surface area (Å²) >= 11 is 0. The number of rotatable bonds is 5. The first-order valence-corrected chi connectivity index (χ1v) is 10.4. The van der Waals surface area contributed by atoms with Gasteiger partial charge < -0.3 is 8.97 Å². The number of aryl methyl sites for hydroxylation is 1. The zero-order valence-corrected chi connectivity index (χ0v) is 16.2. The summed E-state index contributed by atoms with van der Waals surface area (Å²) in [4.78, 5) is 12.1. The second kappa shape index (κ2) is 7.12. The second-order valence-electron chi connectivity index (χ2n) is 8.51. The summed E-state index contributed by atoms with van der Waals surface area (Å²) in [5.74, 6) is 2.73. The number of nitrogens with zero attached hydrogens (tertiary/aromatic N) is 5. The van der Waals surface area contributed by atoms with Gasteiger partial charge in [-0.1, -0.05) is 12.5 Å². The summed E-state index contributed by atoms with van der Waals surface area (Å²) in [7, 11) is 0. The third-order valence-corrected chi connectivity index (χ3v) is 6.33. The molecule has 5 heteroatoms. The van der Waals surface area contributed by atoms with E-state index in [0.29, 0.717) is 5.92 Å². The first kappa shape index (κ1) is 17.0. The Morgan fingerprint density at radius 3 is 2.89 bits per heavy atom. The SMILES string of the molecule is Cc1ccc2nc(CN3CCC[C@H](c4nccn4CC4CCC4)C3)cn2c1. The summed E-state index contributed by atoms with van der Waals surface area (Å²) in [6, 6.07) is 4.24. The Kier molecular flexibility index (Phi) is 4.48. The Hall–Kier alpha value is -2.14. The van der Waals surface area contributed by atoms with E-state index < -0.39 is 0 Å². The van der Waals surface area contributed by atoms with E-state index >= 15 is 0 Å². The first-order chi connectivity index (χ1) is 13.2. The van der Waals surface area contributed by atoms with E-state index in [4.69, 9.17) is 9.97 Å². The van der Waals surface area contributed by atoms with Crippen LogP contribution in [0.2, 0.25) is 0 Å². The van der Waals surface area contributed by atoms with Crippen LogP contribution in [0, 0.1) is 12.8 Å². The van der Waals surface area contributed by atoms with Crippen molar-refractivity contribution in [1.82, 2.24) is 23.8 Å². The van der Waals surface area contributed by atoms with Gasteiger partial charge in [0.2, 0.25) is 0 Å². The van der Waals surface area contributed by atoms with Gasteiger partial charge in [-0.3, -0.25) is 4.90 Å². The maximum absolute atomic E-state index is 4.81. The van der Waals surface area contributed by atoms with E-state index in [9.17, 15) is 0 Å². The smallest absolute Gasteiger partial charge is 0.137 e. The van der Waals surface area contributed by atoms with Crippen molar-refractivity contribution in [3.05, 3.63) is 54.0 Å². The molecule has 2 fully saturated rings. The maximum atomic E-state index is 4.81. The van der Waals surface area contributed by atoms with Gasteiger partial charge in [-0.2, -0.15) is 0 Å². The van der Waals surface area contributed by atoms with E-state index in [-0.39, 0.29) is 0 Å². The number of likely N-dealkylation sites (tertiary alicyclic amines) is 1. The topological polar surface area (TPSA) is 38.4 Å². The molecular weight excluding hydrogens is 334 g/mol. The van der Waals surface area contributed by atoms with Gasteiger partial charge in [0.05, 0.1) is 5.69 Å². The lowest BCUT2D eigenvalue weighted by molar-refractivity contribution is 0.190. The van der Waals surface area contributed by atoms with Crippen LogP contribution in [-0.4, -0.2) is 36.9 Å². The third kappa shape index (κ3) is 3.53. The molecule has 3 aromatic heterocycles. The van der Waals surface area contributed by atoms with Gasteiger partial charge >= 0.3 is 0 Å². The van der Waals surface area contributed by atoms with Crippen molar-refractivity contribution in [3.63, 3.8) is 0 Å². The van der Waals surface area contributed by atoms with Crippen LogP contribution in [0.1, 0.15) is 55.1 Å². The molecule has 0 spiro atoms. The number of hydrogen-bond acceptors (Lipinski definition) is 3. The molecule has 3 aromatic rings. The lowest BCUT2D eigenvalue weighted by Gasteiger charge is -2.33. The quantitative estimate of drug-likeness (QED) is 0.687. The van der Waals surface area contributed by atoms with Crippen molar-refractivity contribution < 1.29 is 0 Å². The van der Waals surface area contributed by atoms with Gasteiger partial charge in [-0.15, -0.1) is 0 Å². The Morgan fingerprint density at radius 1 is 1.11 bits per heavy atom. The fourth-order valence-corrected chi connectivity index (χ4v) is 4.66. The Labute approximate surface area is 161 Å². The van der Waals surface area contributed by atoms with Crippen molar-refractivity contribution in [2.45, 2.75) is 58.0 Å². The summed E-state index contributed by atoms with van der Waals surface area (Å²) in [5, 5.41) is 0. The molecule has 1 aliphatic carbocycles. The number of aromatic nitrogens is 4. The average Bonchev–Trinajstić information content (AvgIpc) is 3.24. The van der Waals surface area contributed by atoms with Gasteiger partial charge in [0.15, 0.2) is 0 Å². The standard InChI is InChI=1S/C22H29N5/c1-17-7-8-21-24-20(16-27(21)12-17)15-25-10-3-6-19(14-25)22-23-9-11-26(22)13-18-4-2-5-18/h7-9,11-12,16,18-19H,2-6,10,13-15H2,1H3/t19-/m0/s1. The number of fused-ring (bicyclic) bond motifs is 1. The highest BCUT2D eigenvalue weighted by atomic mass is 15.2. The zero-order valence-electron chi connectivity index (χ0n) is 16.2. The molecule has 27 heavy (non-hydrogen) atoms. The molecule has 1 saturated carbocycles. The molecule has 142 valence electrons. The van der Waals surface area contributed by atoms with Crippen LogP contribution in [-0.2, 0) is 13.1 Å². The highest BCUT2D eigenvalue weighted by Gasteiger charge is 2.26. The van der Waals surface area contributed by atoms with E-state index in [1.807, 2.05) is 6.20 Å². The maximum Gasteiger partial charge on any atom is 0.137 e. The summed E-state index contributed by atoms with van der Waals surface area (Å²) in [6.07, 6.45) is 15.2. The Morgan fingerprint density at radius 2 is 2.04 bits per heavy atom. The predicted octanol–water partition coefficient (Wildman–Crippen LogP) is 4.02. The van der Waals surface area contributed by atoms with Gasteiger partial charge in [0, 0.05) is 50.3 Å². The van der Waals surface area contributed by atoms with E-state index in [0.717, 1.165) is 37.7 Å².